The third-order valence-corrected chi connectivity index (χ3v) is 2.92. The SMILES string of the molecule is N#Cc1cccc(SC2CC2)n1. The second-order valence-corrected chi connectivity index (χ2v) is 4.11. The van der Waals surface area contributed by atoms with Crippen molar-refractivity contribution in [3.05, 3.63) is 23.9 Å². The molecule has 0 radical (unpaired) electrons. The Bertz CT molecular complexity index is 326. The van der Waals surface area contributed by atoms with Crippen molar-refractivity contribution in [1.29, 1.82) is 5.26 Å². The standard InChI is InChI=1S/C9H8N2S/c10-6-7-2-1-3-9(11-7)12-8-4-5-8/h1-3,8H,4-5H2. The van der Waals surface area contributed by atoms with Crippen LogP contribution >= 0.6 is 11.8 Å². The van der Waals surface area contributed by atoms with Gasteiger partial charge in [-0.25, -0.2) is 4.98 Å². The fourth-order valence-corrected chi connectivity index (χ4v) is 1.92. The molecule has 0 unspecified atom stereocenters. The van der Waals surface area contributed by atoms with Crippen molar-refractivity contribution >= 4 is 11.8 Å². The minimum atomic E-state index is 0.514. The summed E-state index contributed by atoms with van der Waals surface area (Å²) < 4.78 is 0. The van der Waals surface area contributed by atoms with Crippen molar-refractivity contribution in [1.82, 2.24) is 4.98 Å². The van der Waals surface area contributed by atoms with E-state index in [0.717, 1.165) is 10.3 Å². The summed E-state index contributed by atoms with van der Waals surface area (Å²) in [5.74, 6) is 0. The monoisotopic (exact) mass is 176 g/mol. The Morgan fingerprint density at radius 1 is 1.50 bits per heavy atom. The predicted octanol–water partition coefficient (Wildman–Crippen LogP) is 2.21. The number of nitrogens with zero attached hydrogens (tertiary/aromatic N) is 2. The Labute approximate surface area is 75.6 Å². The average Bonchev–Trinajstić information content (AvgIpc) is 2.89. The van der Waals surface area contributed by atoms with E-state index >= 15 is 0 Å². The van der Waals surface area contributed by atoms with E-state index in [2.05, 4.69) is 4.98 Å². The van der Waals surface area contributed by atoms with Crippen LogP contribution in [0.25, 0.3) is 0 Å². The van der Waals surface area contributed by atoms with Crippen LogP contribution in [0, 0.1) is 11.3 Å². The number of thioether (sulfide) groups is 1. The van der Waals surface area contributed by atoms with Gasteiger partial charge in [0.1, 0.15) is 11.8 Å². The molecule has 2 nitrogen and oxygen atoms in total. The lowest BCUT2D eigenvalue weighted by Crippen LogP contribution is -1.85. The summed E-state index contributed by atoms with van der Waals surface area (Å²) in [5.41, 5.74) is 0.514. The van der Waals surface area contributed by atoms with Crippen molar-refractivity contribution < 1.29 is 0 Å². The molecule has 3 heteroatoms. The maximum atomic E-state index is 8.59. The van der Waals surface area contributed by atoms with Gasteiger partial charge >= 0.3 is 0 Å². The fourth-order valence-electron chi connectivity index (χ4n) is 0.899. The number of hydrogen-bond donors (Lipinski definition) is 0. The topological polar surface area (TPSA) is 36.7 Å². The first kappa shape index (κ1) is 7.63. The van der Waals surface area contributed by atoms with E-state index in [9.17, 15) is 0 Å². The minimum Gasteiger partial charge on any atom is -0.231 e. The fraction of sp³-hybridized carbons (Fsp3) is 0.333. The van der Waals surface area contributed by atoms with Crippen LogP contribution < -0.4 is 0 Å². The maximum absolute atomic E-state index is 8.59. The quantitative estimate of drug-likeness (QED) is 0.693. The summed E-state index contributed by atoms with van der Waals surface area (Å²) in [6.45, 7) is 0. The molecule has 60 valence electrons. The van der Waals surface area contributed by atoms with Crippen molar-refractivity contribution in [2.75, 3.05) is 0 Å². The highest BCUT2D eigenvalue weighted by molar-refractivity contribution is 8.00. The molecule has 0 aromatic carbocycles. The molecule has 2 rings (SSSR count). The smallest absolute Gasteiger partial charge is 0.141 e. The van der Waals surface area contributed by atoms with Gasteiger partial charge in [0.05, 0.1) is 5.03 Å². The molecule has 0 N–H and O–H groups in total. The van der Waals surface area contributed by atoms with Gasteiger partial charge in [0.25, 0.3) is 0 Å². The van der Waals surface area contributed by atoms with Gasteiger partial charge in [-0.1, -0.05) is 6.07 Å². The van der Waals surface area contributed by atoms with E-state index < -0.39 is 0 Å². The summed E-state index contributed by atoms with van der Waals surface area (Å²) in [6, 6.07) is 7.62. The van der Waals surface area contributed by atoms with Crippen LogP contribution in [0.2, 0.25) is 0 Å². The van der Waals surface area contributed by atoms with E-state index in [1.54, 1.807) is 17.8 Å². The van der Waals surface area contributed by atoms with Gasteiger partial charge in [-0.15, -0.1) is 11.8 Å². The zero-order valence-corrected chi connectivity index (χ0v) is 7.34. The zero-order valence-electron chi connectivity index (χ0n) is 6.53. The third-order valence-electron chi connectivity index (χ3n) is 1.65. The van der Waals surface area contributed by atoms with Gasteiger partial charge in [0.15, 0.2) is 0 Å². The first-order valence-electron chi connectivity index (χ1n) is 3.92. The van der Waals surface area contributed by atoms with Gasteiger partial charge in [0.2, 0.25) is 0 Å². The third kappa shape index (κ3) is 1.77. The molecule has 1 saturated carbocycles. The normalized spacial score (nSPS) is 15.6. The van der Waals surface area contributed by atoms with Crippen LogP contribution in [0.4, 0.5) is 0 Å². The molecule has 0 amide bonds. The van der Waals surface area contributed by atoms with Crippen molar-refractivity contribution in [2.45, 2.75) is 23.1 Å². The van der Waals surface area contributed by atoms with Crippen LogP contribution in [-0.2, 0) is 0 Å². The minimum absolute atomic E-state index is 0.514. The lowest BCUT2D eigenvalue weighted by molar-refractivity contribution is 1.10. The van der Waals surface area contributed by atoms with Crippen molar-refractivity contribution in [2.24, 2.45) is 0 Å². The highest BCUT2D eigenvalue weighted by Crippen LogP contribution is 2.38. The second-order valence-electron chi connectivity index (χ2n) is 2.79. The van der Waals surface area contributed by atoms with Gasteiger partial charge in [-0.3, -0.25) is 0 Å². The number of aromatic nitrogens is 1. The molecule has 1 aromatic rings. The number of rotatable bonds is 2. The van der Waals surface area contributed by atoms with Crippen LogP contribution in [0.15, 0.2) is 23.2 Å². The molecule has 1 heterocycles. The van der Waals surface area contributed by atoms with Crippen LogP contribution in [-0.4, -0.2) is 10.2 Å². The van der Waals surface area contributed by atoms with Gasteiger partial charge < -0.3 is 0 Å². The molecular formula is C9H8N2S. The van der Waals surface area contributed by atoms with E-state index in [0.29, 0.717) is 5.69 Å². The molecular weight excluding hydrogens is 168 g/mol. The summed E-state index contributed by atoms with van der Waals surface area (Å²) in [4.78, 5) is 4.17. The Balaban J connectivity index is 2.15. The zero-order chi connectivity index (χ0) is 8.39. The number of pyridine rings is 1. The Morgan fingerprint density at radius 2 is 2.33 bits per heavy atom. The molecule has 1 aromatic heterocycles. The molecule has 1 aliphatic carbocycles. The van der Waals surface area contributed by atoms with E-state index in [1.165, 1.54) is 12.8 Å². The van der Waals surface area contributed by atoms with Crippen LogP contribution in [0.5, 0.6) is 0 Å². The molecule has 12 heavy (non-hydrogen) atoms. The number of nitriles is 1. The summed E-state index contributed by atoms with van der Waals surface area (Å²) >= 11 is 1.78. The molecule has 1 fully saturated rings. The van der Waals surface area contributed by atoms with Gasteiger partial charge in [0, 0.05) is 5.25 Å². The molecule has 0 saturated heterocycles. The van der Waals surface area contributed by atoms with Crippen LogP contribution in [0.3, 0.4) is 0 Å². The molecule has 0 atom stereocenters. The predicted molar refractivity (Wildman–Crippen MR) is 47.8 cm³/mol. The van der Waals surface area contributed by atoms with E-state index in [-0.39, 0.29) is 0 Å². The Morgan fingerprint density at radius 3 is 3.00 bits per heavy atom. The largest absolute Gasteiger partial charge is 0.231 e. The van der Waals surface area contributed by atoms with Gasteiger partial charge in [-0.2, -0.15) is 5.26 Å². The summed E-state index contributed by atoms with van der Waals surface area (Å²) in [5, 5.41) is 10.3. The first-order valence-corrected chi connectivity index (χ1v) is 4.80. The highest BCUT2D eigenvalue weighted by Gasteiger charge is 2.22. The lowest BCUT2D eigenvalue weighted by atomic mass is 10.4. The van der Waals surface area contributed by atoms with Crippen molar-refractivity contribution in [3.63, 3.8) is 0 Å². The summed E-state index contributed by atoms with van der Waals surface area (Å²) in [6.07, 6.45) is 2.59. The molecule has 0 aliphatic heterocycles. The maximum Gasteiger partial charge on any atom is 0.141 e. The number of hydrogen-bond acceptors (Lipinski definition) is 3. The highest BCUT2D eigenvalue weighted by atomic mass is 32.2. The summed E-state index contributed by atoms with van der Waals surface area (Å²) in [7, 11) is 0. The molecule has 0 spiro atoms. The first-order chi connectivity index (χ1) is 5.88. The van der Waals surface area contributed by atoms with Crippen molar-refractivity contribution in [3.8, 4) is 6.07 Å². The van der Waals surface area contributed by atoms with E-state index in [1.807, 2.05) is 18.2 Å². The lowest BCUT2D eigenvalue weighted by Gasteiger charge is -1.96. The van der Waals surface area contributed by atoms with Crippen LogP contribution in [0.1, 0.15) is 18.5 Å². The van der Waals surface area contributed by atoms with E-state index in [4.69, 9.17) is 5.26 Å². The Kier molecular flexibility index (Phi) is 2.01. The van der Waals surface area contributed by atoms with Gasteiger partial charge in [-0.05, 0) is 25.0 Å². The average molecular weight is 176 g/mol. The molecule has 1 aliphatic rings. The molecule has 0 bridgehead atoms. The Hall–Kier alpha value is -1.01. The second kappa shape index (κ2) is 3.16.